The van der Waals surface area contributed by atoms with E-state index in [1.165, 1.54) is 0 Å². The Morgan fingerprint density at radius 1 is 1.88 bits per heavy atom. The molecule has 0 bridgehead atoms. The van der Waals surface area contributed by atoms with Crippen LogP contribution in [-0.4, -0.2) is 11.9 Å². The van der Waals surface area contributed by atoms with Gasteiger partial charge in [0.2, 0.25) is 5.91 Å². The Morgan fingerprint density at radius 3 is 2.88 bits per heavy atom. The third-order valence-corrected chi connectivity index (χ3v) is 1.20. The van der Waals surface area contributed by atoms with Crippen molar-refractivity contribution in [1.29, 1.82) is 0 Å². The fourth-order valence-electron chi connectivity index (χ4n) is 0.739. The van der Waals surface area contributed by atoms with Gasteiger partial charge in [0.15, 0.2) is 0 Å². The summed E-state index contributed by atoms with van der Waals surface area (Å²) in [7, 11) is 0. The summed E-state index contributed by atoms with van der Waals surface area (Å²) in [5, 5.41) is 2.63. The van der Waals surface area contributed by atoms with Crippen LogP contribution in [0.4, 0.5) is 0 Å². The van der Waals surface area contributed by atoms with E-state index < -0.39 is 0 Å². The molecule has 0 saturated carbocycles. The lowest BCUT2D eigenvalue weighted by molar-refractivity contribution is -0.119. The second-order valence-corrected chi connectivity index (χ2v) is 1.83. The number of hydrogen-bond donors (Lipinski definition) is 1. The first-order chi connectivity index (χ1) is 3.83. The summed E-state index contributed by atoms with van der Waals surface area (Å²) in [5.74, 6) is 2.54. The van der Waals surface area contributed by atoms with Gasteiger partial charge in [-0.1, -0.05) is 5.92 Å². The molecule has 1 N–H and O–H groups in total. The first-order valence-electron chi connectivity index (χ1n) is 2.58. The molecule has 1 rings (SSSR count). The van der Waals surface area contributed by atoms with Crippen molar-refractivity contribution in [2.45, 2.75) is 18.9 Å². The summed E-state index contributed by atoms with van der Waals surface area (Å²) >= 11 is 0. The first kappa shape index (κ1) is 5.17. The molecule has 0 aromatic heterocycles. The Morgan fingerprint density at radius 2 is 2.62 bits per heavy atom. The van der Waals surface area contributed by atoms with Gasteiger partial charge >= 0.3 is 0 Å². The molecule has 0 aromatic carbocycles. The second-order valence-electron chi connectivity index (χ2n) is 1.83. The van der Waals surface area contributed by atoms with Crippen LogP contribution in [0.25, 0.3) is 0 Å². The van der Waals surface area contributed by atoms with E-state index in [0.717, 1.165) is 6.42 Å². The fraction of sp³-hybridized carbons (Fsp3) is 0.500. The minimum Gasteiger partial charge on any atom is -0.342 e. The van der Waals surface area contributed by atoms with Gasteiger partial charge in [0.05, 0.1) is 6.04 Å². The number of nitrogens with one attached hydrogen (secondary N) is 1. The van der Waals surface area contributed by atoms with E-state index in [9.17, 15) is 4.79 Å². The highest BCUT2D eigenvalue weighted by molar-refractivity contribution is 5.79. The Bertz CT molecular complexity index is 145. The largest absolute Gasteiger partial charge is 0.342 e. The highest BCUT2D eigenvalue weighted by Crippen LogP contribution is 2.03. The number of rotatable bonds is 0. The van der Waals surface area contributed by atoms with E-state index >= 15 is 0 Å². The van der Waals surface area contributed by atoms with Crippen molar-refractivity contribution in [2.24, 2.45) is 0 Å². The summed E-state index contributed by atoms with van der Waals surface area (Å²) in [6, 6.07) is 0.00231. The molecule has 0 radical (unpaired) electrons. The standard InChI is InChI=1S/C6H7NO/c1-2-5-3-4-6(8)7-5/h1,5H,3-4H2,(H,7,8)/t5-/m0/s1. The monoisotopic (exact) mass is 109 g/mol. The molecular weight excluding hydrogens is 102 g/mol. The minimum atomic E-state index is 0.00231. The highest BCUT2D eigenvalue weighted by Gasteiger charge is 2.17. The maximum absolute atomic E-state index is 10.4. The molecule has 1 saturated heterocycles. The van der Waals surface area contributed by atoms with Crippen molar-refractivity contribution in [3.05, 3.63) is 0 Å². The van der Waals surface area contributed by atoms with Gasteiger partial charge < -0.3 is 5.32 Å². The second kappa shape index (κ2) is 1.87. The van der Waals surface area contributed by atoms with Gasteiger partial charge in [0.25, 0.3) is 0 Å². The lowest BCUT2D eigenvalue weighted by Gasteiger charge is -1.95. The fourth-order valence-corrected chi connectivity index (χ4v) is 0.739. The molecule has 0 unspecified atom stereocenters. The molecular formula is C6H7NO. The van der Waals surface area contributed by atoms with Crippen LogP contribution in [0.3, 0.4) is 0 Å². The lowest BCUT2D eigenvalue weighted by atomic mass is 10.2. The third-order valence-electron chi connectivity index (χ3n) is 1.20. The van der Waals surface area contributed by atoms with Gasteiger partial charge in [0, 0.05) is 6.42 Å². The number of carbonyl (C=O) groups excluding carboxylic acids is 1. The van der Waals surface area contributed by atoms with Crippen molar-refractivity contribution in [3.63, 3.8) is 0 Å². The SMILES string of the molecule is C#C[C@H]1CCC(=O)N1. The summed E-state index contributed by atoms with van der Waals surface area (Å²) in [5.41, 5.74) is 0. The zero-order valence-electron chi connectivity index (χ0n) is 4.48. The van der Waals surface area contributed by atoms with Crippen LogP contribution in [0.2, 0.25) is 0 Å². The molecule has 0 aromatic rings. The quantitative estimate of drug-likeness (QED) is 0.432. The predicted molar refractivity (Wildman–Crippen MR) is 30.0 cm³/mol. The molecule has 2 heteroatoms. The molecule has 1 atom stereocenters. The average molecular weight is 109 g/mol. The zero-order valence-corrected chi connectivity index (χ0v) is 4.48. The van der Waals surface area contributed by atoms with Crippen molar-refractivity contribution < 1.29 is 4.79 Å². The maximum atomic E-state index is 10.4. The van der Waals surface area contributed by atoms with Gasteiger partial charge in [-0.2, -0.15) is 0 Å². The van der Waals surface area contributed by atoms with Gasteiger partial charge in [0.1, 0.15) is 0 Å². The van der Waals surface area contributed by atoms with E-state index in [-0.39, 0.29) is 11.9 Å². The maximum Gasteiger partial charge on any atom is 0.221 e. The van der Waals surface area contributed by atoms with Crippen LogP contribution in [0, 0.1) is 12.3 Å². The first-order valence-corrected chi connectivity index (χ1v) is 2.58. The summed E-state index contributed by atoms with van der Waals surface area (Å²) in [4.78, 5) is 10.4. The molecule has 0 aliphatic carbocycles. The Hall–Kier alpha value is -0.970. The van der Waals surface area contributed by atoms with Crippen molar-refractivity contribution in [3.8, 4) is 12.3 Å². The predicted octanol–water partition coefficient (Wildman–Crippen LogP) is -0.102. The van der Waals surface area contributed by atoms with E-state index in [1.54, 1.807) is 0 Å². The molecule has 1 aliphatic heterocycles. The number of carbonyl (C=O) groups is 1. The normalized spacial score (nSPS) is 26.9. The smallest absolute Gasteiger partial charge is 0.221 e. The van der Waals surface area contributed by atoms with Crippen molar-refractivity contribution >= 4 is 5.91 Å². The molecule has 1 aliphatic rings. The number of amides is 1. The molecule has 42 valence electrons. The van der Waals surface area contributed by atoms with Crippen LogP contribution in [0.15, 0.2) is 0 Å². The summed E-state index contributed by atoms with van der Waals surface area (Å²) in [6.07, 6.45) is 6.42. The summed E-state index contributed by atoms with van der Waals surface area (Å²) in [6.45, 7) is 0. The highest BCUT2D eigenvalue weighted by atomic mass is 16.1. The number of hydrogen-bond acceptors (Lipinski definition) is 1. The lowest BCUT2D eigenvalue weighted by Crippen LogP contribution is -2.23. The van der Waals surface area contributed by atoms with Gasteiger partial charge in [-0.15, -0.1) is 6.42 Å². The van der Waals surface area contributed by atoms with Gasteiger partial charge in [-0.05, 0) is 6.42 Å². The molecule has 8 heavy (non-hydrogen) atoms. The van der Waals surface area contributed by atoms with E-state index in [4.69, 9.17) is 6.42 Å². The molecule has 2 nitrogen and oxygen atoms in total. The van der Waals surface area contributed by atoms with Crippen LogP contribution in [0.1, 0.15) is 12.8 Å². The van der Waals surface area contributed by atoms with Gasteiger partial charge in [-0.3, -0.25) is 4.79 Å². The van der Waals surface area contributed by atoms with E-state index in [2.05, 4.69) is 11.2 Å². The van der Waals surface area contributed by atoms with Crippen molar-refractivity contribution in [1.82, 2.24) is 5.32 Å². The van der Waals surface area contributed by atoms with E-state index in [0.29, 0.717) is 6.42 Å². The zero-order chi connectivity index (χ0) is 5.98. The minimum absolute atomic E-state index is 0.00231. The number of terminal acetylenes is 1. The van der Waals surface area contributed by atoms with Crippen LogP contribution < -0.4 is 5.32 Å². The van der Waals surface area contributed by atoms with E-state index in [1.807, 2.05) is 0 Å². The Labute approximate surface area is 48.3 Å². The topological polar surface area (TPSA) is 29.1 Å². The van der Waals surface area contributed by atoms with Crippen LogP contribution >= 0.6 is 0 Å². The molecule has 0 spiro atoms. The van der Waals surface area contributed by atoms with Crippen LogP contribution in [0.5, 0.6) is 0 Å². The third kappa shape index (κ3) is 0.812. The Kier molecular flexibility index (Phi) is 1.21. The molecule has 1 amide bonds. The van der Waals surface area contributed by atoms with Gasteiger partial charge in [-0.25, -0.2) is 0 Å². The summed E-state index contributed by atoms with van der Waals surface area (Å²) < 4.78 is 0. The average Bonchev–Trinajstić information content (AvgIpc) is 2.14. The molecule has 1 heterocycles. The Balaban J connectivity index is 2.47. The van der Waals surface area contributed by atoms with Crippen LogP contribution in [-0.2, 0) is 4.79 Å². The van der Waals surface area contributed by atoms with Crippen molar-refractivity contribution in [2.75, 3.05) is 0 Å². The molecule has 1 fully saturated rings.